The van der Waals surface area contributed by atoms with E-state index in [0.29, 0.717) is 6.42 Å². The first-order valence-corrected chi connectivity index (χ1v) is 13.3. The van der Waals surface area contributed by atoms with E-state index in [9.17, 15) is 4.79 Å². The molecule has 1 rings (SSSR count). The predicted octanol–water partition coefficient (Wildman–Crippen LogP) is 7.50. The van der Waals surface area contributed by atoms with Gasteiger partial charge in [-0.05, 0) is 6.42 Å². The van der Waals surface area contributed by atoms with Crippen LogP contribution in [-0.4, -0.2) is 37.4 Å². The van der Waals surface area contributed by atoms with Crippen LogP contribution in [0.4, 0.5) is 0 Å². The topological polar surface area (TPSA) is 58.6 Å². The lowest BCUT2D eigenvalue weighted by molar-refractivity contribution is -0.137. The molecule has 0 atom stereocenters. The highest BCUT2D eigenvalue weighted by Gasteiger charge is 1.97. The zero-order valence-electron chi connectivity index (χ0n) is 20.2. The molecule has 0 aromatic rings. The molecular weight excluding hydrogens is 374 g/mol. The van der Waals surface area contributed by atoms with Gasteiger partial charge in [-0.15, -0.1) is 0 Å². The lowest BCUT2D eigenvalue weighted by Gasteiger charge is -2.10. The van der Waals surface area contributed by atoms with Gasteiger partial charge in [0.2, 0.25) is 0 Å². The molecule has 0 bridgehead atoms. The number of morpholine rings is 1. The van der Waals surface area contributed by atoms with Gasteiger partial charge in [0, 0.05) is 19.5 Å². The summed E-state index contributed by atoms with van der Waals surface area (Å²) < 4.78 is 5.01. The van der Waals surface area contributed by atoms with Crippen molar-refractivity contribution in [3.8, 4) is 0 Å². The Bertz CT molecular complexity index is 321. The lowest BCUT2D eigenvalue weighted by Crippen LogP contribution is -2.30. The van der Waals surface area contributed by atoms with Crippen LogP contribution in [0.1, 0.15) is 135 Å². The van der Waals surface area contributed by atoms with Gasteiger partial charge in [0.15, 0.2) is 0 Å². The summed E-state index contributed by atoms with van der Waals surface area (Å²) in [4.78, 5) is 10.4. The summed E-state index contributed by atoms with van der Waals surface area (Å²) in [7, 11) is 0. The number of nitrogens with one attached hydrogen (secondary N) is 1. The monoisotopic (exact) mass is 427 g/mol. The van der Waals surface area contributed by atoms with E-state index in [-0.39, 0.29) is 0 Å². The first kappa shape index (κ1) is 29.4. The second-order valence-corrected chi connectivity index (χ2v) is 8.87. The Labute approximate surface area is 187 Å². The molecule has 0 spiro atoms. The number of ether oxygens (including phenoxy) is 1. The maximum Gasteiger partial charge on any atom is 0.303 e. The van der Waals surface area contributed by atoms with Crippen LogP contribution in [0.5, 0.6) is 0 Å². The van der Waals surface area contributed by atoms with Gasteiger partial charge in [-0.1, -0.05) is 122 Å². The second-order valence-electron chi connectivity index (χ2n) is 8.87. The largest absolute Gasteiger partial charge is 0.481 e. The third-order valence-electron chi connectivity index (χ3n) is 5.84. The summed E-state index contributed by atoms with van der Waals surface area (Å²) in [6.07, 6.45) is 26.1. The Kier molecular flexibility index (Phi) is 25.9. The van der Waals surface area contributed by atoms with E-state index < -0.39 is 5.97 Å². The van der Waals surface area contributed by atoms with Crippen molar-refractivity contribution in [2.75, 3.05) is 26.3 Å². The smallest absolute Gasteiger partial charge is 0.303 e. The van der Waals surface area contributed by atoms with E-state index >= 15 is 0 Å². The molecule has 2 N–H and O–H groups in total. The van der Waals surface area contributed by atoms with Crippen molar-refractivity contribution >= 4 is 5.97 Å². The molecule has 0 aromatic heterocycles. The lowest BCUT2D eigenvalue weighted by atomic mass is 10.0. The van der Waals surface area contributed by atoms with Gasteiger partial charge < -0.3 is 15.2 Å². The van der Waals surface area contributed by atoms with Crippen LogP contribution < -0.4 is 5.32 Å². The van der Waals surface area contributed by atoms with Crippen LogP contribution in [0.3, 0.4) is 0 Å². The average Bonchev–Trinajstić information content (AvgIpc) is 2.77. The molecule has 4 nitrogen and oxygen atoms in total. The fraction of sp³-hybridized carbons (Fsp3) is 0.962. The molecule has 0 unspecified atom stereocenters. The van der Waals surface area contributed by atoms with Crippen molar-refractivity contribution < 1.29 is 14.6 Å². The van der Waals surface area contributed by atoms with Crippen molar-refractivity contribution in [2.45, 2.75) is 135 Å². The van der Waals surface area contributed by atoms with Crippen LogP contribution in [0.15, 0.2) is 0 Å². The van der Waals surface area contributed by atoms with Crippen molar-refractivity contribution in [2.24, 2.45) is 0 Å². The highest BCUT2D eigenvalue weighted by atomic mass is 16.5. The molecule has 1 aliphatic heterocycles. The first-order valence-electron chi connectivity index (χ1n) is 13.3. The fourth-order valence-corrected chi connectivity index (χ4v) is 3.87. The Morgan fingerprint density at radius 3 is 1.20 bits per heavy atom. The van der Waals surface area contributed by atoms with Crippen molar-refractivity contribution in [3.63, 3.8) is 0 Å². The third kappa shape index (κ3) is 27.4. The minimum Gasteiger partial charge on any atom is -0.481 e. The van der Waals surface area contributed by atoms with Crippen molar-refractivity contribution in [3.05, 3.63) is 0 Å². The highest BCUT2D eigenvalue weighted by molar-refractivity contribution is 5.66. The normalized spacial score (nSPS) is 13.6. The van der Waals surface area contributed by atoms with Crippen molar-refractivity contribution in [1.29, 1.82) is 0 Å². The summed E-state index contributed by atoms with van der Waals surface area (Å²) >= 11 is 0. The zero-order chi connectivity index (χ0) is 22.0. The molecule has 30 heavy (non-hydrogen) atoms. The molecular formula is C26H53NO3. The van der Waals surface area contributed by atoms with Gasteiger partial charge in [-0.25, -0.2) is 0 Å². The number of hydrogen-bond acceptors (Lipinski definition) is 3. The Balaban J connectivity index is 0.00000118. The van der Waals surface area contributed by atoms with E-state index in [2.05, 4.69) is 12.2 Å². The number of unbranched alkanes of at least 4 members (excludes halogenated alkanes) is 18. The van der Waals surface area contributed by atoms with Crippen LogP contribution in [0.2, 0.25) is 0 Å². The summed E-state index contributed by atoms with van der Waals surface area (Å²) in [5, 5.41) is 11.7. The zero-order valence-corrected chi connectivity index (χ0v) is 20.2. The maximum atomic E-state index is 10.4. The minimum absolute atomic E-state index is 0.346. The van der Waals surface area contributed by atoms with Gasteiger partial charge in [0.05, 0.1) is 13.2 Å². The molecule has 0 radical (unpaired) electrons. The summed E-state index contributed by atoms with van der Waals surface area (Å²) in [5.41, 5.74) is 0. The van der Waals surface area contributed by atoms with Crippen LogP contribution >= 0.6 is 0 Å². The van der Waals surface area contributed by atoms with E-state index in [1.807, 2.05) is 0 Å². The molecule has 0 saturated carbocycles. The van der Waals surface area contributed by atoms with Crippen LogP contribution in [0.25, 0.3) is 0 Å². The van der Waals surface area contributed by atoms with Gasteiger partial charge in [0.25, 0.3) is 0 Å². The molecule has 180 valence electrons. The number of rotatable bonds is 20. The SMILES string of the molecule is C1COCCN1.CCCCCCCCCCCCCCCCCCCCCC(=O)O. The molecule has 4 heteroatoms. The summed E-state index contributed by atoms with van der Waals surface area (Å²) in [6.45, 7) is 6.12. The predicted molar refractivity (Wildman–Crippen MR) is 129 cm³/mol. The molecule has 1 fully saturated rings. The third-order valence-corrected chi connectivity index (χ3v) is 5.84. The number of carboxylic acid groups (broad SMARTS) is 1. The van der Waals surface area contributed by atoms with Crippen LogP contribution in [0, 0.1) is 0 Å². The second kappa shape index (κ2) is 26.4. The molecule has 0 aromatic carbocycles. The van der Waals surface area contributed by atoms with Crippen LogP contribution in [-0.2, 0) is 9.53 Å². The molecule has 1 heterocycles. The van der Waals surface area contributed by atoms with Gasteiger partial charge in [-0.2, -0.15) is 0 Å². The number of aliphatic carboxylic acids is 1. The fourth-order valence-electron chi connectivity index (χ4n) is 3.87. The quantitative estimate of drug-likeness (QED) is 0.197. The summed E-state index contributed by atoms with van der Waals surface area (Å²) in [6, 6.07) is 0. The standard InChI is InChI=1S/C22H44O2.C4H9NO/c1-2-3-4-5-6-7-8-9-10-11-12-13-14-15-16-17-18-19-20-21-22(23)24;1-3-6-4-2-5-1/h2-21H2,1H3,(H,23,24);5H,1-4H2. The maximum absolute atomic E-state index is 10.4. The average molecular weight is 428 g/mol. The number of carbonyl (C=O) groups is 1. The van der Waals surface area contributed by atoms with Gasteiger partial charge in [-0.3, -0.25) is 4.79 Å². The number of carboxylic acids is 1. The molecule has 1 aliphatic rings. The van der Waals surface area contributed by atoms with E-state index in [0.717, 1.165) is 39.1 Å². The number of hydrogen-bond donors (Lipinski definition) is 2. The van der Waals surface area contributed by atoms with E-state index in [1.54, 1.807) is 0 Å². The van der Waals surface area contributed by atoms with Crippen molar-refractivity contribution in [1.82, 2.24) is 5.32 Å². The Hall–Kier alpha value is -0.610. The first-order chi connectivity index (χ1) is 14.8. The minimum atomic E-state index is -0.651. The van der Waals surface area contributed by atoms with Gasteiger partial charge in [0.1, 0.15) is 0 Å². The molecule has 0 aliphatic carbocycles. The molecule has 1 saturated heterocycles. The molecule has 0 amide bonds. The highest BCUT2D eigenvalue weighted by Crippen LogP contribution is 2.14. The Morgan fingerprint density at radius 1 is 0.633 bits per heavy atom. The Morgan fingerprint density at radius 2 is 0.967 bits per heavy atom. The summed E-state index contributed by atoms with van der Waals surface area (Å²) in [5.74, 6) is -0.651. The van der Waals surface area contributed by atoms with Gasteiger partial charge >= 0.3 is 5.97 Å². The van der Waals surface area contributed by atoms with E-state index in [1.165, 1.54) is 109 Å². The van der Waals surface area contributed by atoms with E-state index in [4.69, 9.17) is 9.84 Å².